The summed E-state index contributed by atoms with van der Waals surface area (Å²) in [7, 11) is 1.90. The number of ether oxygens (including phenoxy) is 1. The van der Waals surface area contributed by atoms with Gasteiger partial charge in [0, 0.05) is 11.5 Å². The summed E-state index contributed by atoms with van der Waals surface area (Å²) >= 11 is 3.26. The zero-order chi connectivity index (χ0) is 16.0. The van der Waals surface area contributed by atoms with E-state index in [4.69, 9.17) is 4.74 Å². The number of fused-ring (bicyclic) bond motifs is 1. The maximum Gasteiger partial charge on any atom is 0.265 e. The molecule has 7 heteroatoms. The molecule has 5 nitrogen and oxygen atoms in total. The van der Waals surface area contributed by atoms with Crippen molar-refractivity contribution >= 4 is 27.5 Å². The number of imidazole rings is 1. The molecule has 1 aromatic heterocycles. The molecule has 0 fully saturated rings. The van der Waals surface area contributed by atoms with Gasteiger partial charge in [-0.2, -0.15) is 0 Å². The summed E-state index contributed by atoms with van der Waals surface area (Å²) in [5, 5.41) is 0. The molecule has 1 aliphatic rings. The number of hydrogen-bond donors (Lipinski definition) is 0. The van der Waals surface area contributed by atoms with Crippen LogP contribution in [0.15, 0.2) is 16.6 Å². The minimum atomic E-state index is -0.486. The van der Waals surface area contributed by atoms with E-state index in [-0.39, 0.29) is 18.3 Å². The van der Waals surface area contributed by atoms with Crippen LogP contribution in [0, 0.1) is 19.7 Å². The summed E-state index contributed by atoms with van der Waals surface area (Å²) in [6.45, 7) is 3.97. The number of carbonyl (C=O) groups is 1. The summed E-state index contributed by atoms with van der Waals surface area (Å²) < 4.78 is 21.8. The fourth-order valence-corrected chi connectivity index (χ4v) is 3.02. The van der Waals surface area contributed by atoms with Crippen molar-refractivity contribution in [3.63, 3.8) is 0 Å². The third kappa shape index (κ3) is 2.39. The Morgan fingerprint density at radius 3 is 2.77 bits per heavy atom. The van der Waals surface area contributed by atoms with E-state index in [1.807, 2.05) is 25.5 Å². The fraction of sp³-hybridized carbons (Fsp3) is 0.333. The van der Waals surface area contributed by atoms with E-state index in [0.29, 0.717) is 16.7 Å². The topological polar surface area (TPSA) is 47.4 Å². The molecule has 0 atom stereocenters. The average Bonchev–Trinajstić information content (AvgIpc) is 2.67. The van der Waals surface area contributed by atoms with Gasteiger partial charge >= 0.3 is 0 Å². The van der Waals surface area contributed by atoms with Crippen molar-refractivity contribution in [1.29, 1.82) is 0 Å². The number of rotatable bonds is 2. The van der Waals surface area contributed by atoms with E-state index in [2.05, 4.69) is 20.9 Å². The summed E-state index contributed by atoms with van der Waals surface area (Å²) in [6.07, 6.45) is 0. The Morgan fingerprint density at radius 2 is 2.14 bits per heavy atom. The number of aryl methyl sites for hydroxylation is 2. The molecule has 1 aliphatic heterocycles. The first-order chi connectivity index (χ1) is 10.4. The molecule has 0 saturated carbocycles. The Bertz CT molecular complexity index is 773. The molecule has 0 unspecified atom stereocenters. The molecular weight excluding hydrogens is 353 g/mol. The van der Waals surface area contributed by atoms with Crippen LogP contribution in [0.1, 0.15) is 17.2 Å². The summed E-state index contributed by atoms with van der Waals surface area (Å²) in [5.41, 5.74) is 2.21. The Hall–Kier alpha value is -1.89. The van der Waals surface area contributed by atoms with Crippen LogP contribution in [-0.4, -0.2) is 22.1 Å². The van der Waals surface area contributed by atoms with E-state index in [1.165, 1.54) is 11.0 Å². The van der Waals surface area contributed by atoms with Gasteiger partial charge in [-0.3, -0.25) is 9.69 Å². The zero-order valence-corrected chi connectivity index (χ0v) is 14.1. The summed E-state index contributed by atoms with van der Waals surface area (Å²) in [6, 6.07) is 3.01. The van der Waals surface area contributed by atoms with Crippen LogP contribution in [0.3, 0.4) is 0 Å². The number of aromatic nitrogens is 2. The van der Waals surface area contributed by atoms with Gasteiger partial charge in [-0.25, -0.2) is 9.37 Å². The molecule has 22 heavy (non-hydrogen) atoms. The number of anilines is 1. The van der Waals surface area contributed by atoms with Gasteiger partial charge < -0.3 is 9.30 Å². The molecule has 2 aromatic rings. The normalized spacial score (nSPS) is 14.0. The van der Waals surface area contributed by atoms with Gasteiger partial charge in [0.05, 0.1) is 23.6 Å². The highest BCUT2D eigenvalue weighted by Crippen LogP contribution is 2.38. The van der Waals surface area contributed by atoms with Crippen LogP contribution in [-0.2, 0) is 18.4 Å². The van der Waals surface area contributed by atoms with Crippen molar-refractivity contribution in [2.24, 2.45) is 7.05 Å². The van der Waals surface area contributed by atoms with E-state index in [9.17, 15) is 9.18 Å². The van der Waals surface area contributed by atoms with Crippen molar-refractivity contribution in [2.75, 3.05) is 11.5 Å². The molecule has 1 amide bonds. The highest BCUT2D eigenvalue weighted by molar-refractivity contribution is 9.10. The number of hydrogen-bond acceptors (Lipinski definition) is 3. The molecule has 0 radical (unpaired) electrons. The lowest BCUT2D eigenvalue weighted by Gasteiger charge is -2.30. The Morgan fingerprint density at radius 1 is 1.41 bits per heavy atom. The summed E-state index contributed by atoms with van der Waals surface area (Å²) in [4.78, 5) is 18.2. The highest BCUT2D eigenvalue weighted by Gasteiger charge is 2.29. The number of benzene rings is 1. The number of nitrogens with zero attached hydrogens (tertiary/aromatic N) is 3. The highest BCUT2D eigenvalue weighted by atomic mass is 79.9. The van der Waals surface area contributed by atoms with Crippen molar-refractivity contribution in [1.82, 2.24) is 9.55 Å². The largest absolute Gasteiger partial charge is 0.478 e. The molecule has 0 spiro atoms. The molecule has 0 bridgehead atoms. The van der Waals surface area contributed by atoms with Gasteiger partial charge in [-0.05, 0) is 26.0 Å². The number of halogens is 2. The van der Waals surface area contributed by atoms with Crippen molar-refractivity contribution in [2.45, 2.75) is 20.4 Å². The third-order valence-electron chi connectivity index (χ3n) is 3.87. The third-order valence-corrected chi connectivity index (χ3v) is 4.32. The first-order valence-corrected chi connectivity index (χ1v) is 7.58. The van der Waals surface area contributed by atoms with Crippen LogP contribution < -0.4 is 9.64 Å². The van der Waals surface area contributed by atoms with Crippen molar-refractivity contribution in [3.05, 3.63) is 39.6 Å². The lowest BCUT2D eigenvalue weighted by molar-refractivity contribution is -0.121. The molecule has 2 heterocycles. The first kappa shape index (κ1) is 15.0. The maximum absolute atomic E-state index is 14.0. The van der Waals surface area contributed by atoms with Crippen molar-refractivity contribution < 1.29 is 13.9 Å². The van der Waals surface area contributed by atoms with Crippen LogP contribution in [0.4, 0.5) is 10.1 Å². The quantitative estimate of drug-likeness (QED) is 0.819. The Kier molecular flexibility index (Phi) is 3.68. The molecular formula is C15H15BrFN3O2. The minimum Gasteiger partial charge on any atom is -0.478 e. The Balaban J connectivity index is 2.06. The second kappa shape index (κ2) is 5.39. The molecule has 1 aromatic carbocycles. The molecule has 3 rings (SSSR count). The summed E-state index contributed by atoms with van der Waals surface area (Å²) in [5.74, 6) is 0.288. The SMILES string of the molecule is Cc1nc(C)n(C)c1CN1C(=O)COc2c(F)cc(Br)cc21. The van der Waals surface area contributed by atoms with E-state index in [1.54, 1.807) is 6.07 Å². The number of amides is 1. The molecule has 0 saturated heterocycles. The van der Waals surface area contributed by atoms with Gasteiger partial charge in [0.1, 0.15) is 5.82 Å². The lowest BCUT2D eigenvalue weighted by atomic mass is 10.2. The second-order valence-corrected chi connectivity index (χ2v) is 6.17. The molecule has 0 aliphatic carbocycles. The first-order valence-electron chi connectivity index (χ1n) is 6.79. The van der Waals surface area contributed by atoms with E-state index >= 15 is 0 Å². The van der Waals surface area contributed by atoms with Crippen LogP contribution in [0.2, 0.25) is 0 Å². The number of carbonyl (C=O) groups excluding carboxylic acids is 1. The maximum atomic E-state index is 14.0. The van der Waals surface area contributed by atoms with Crippen LogP contribution >= 0.6 is 15.9 Å². The standard InChI is InChI=1S/C15H15BrFN3O2/c1-8-13(19(3)9(2)18-8)6-20-12-5-10(16)4-11(17)15(12)22-7-14(20)21/h4-5H,6-7H2,1-3H3. The predicted molar refractivity (Wildman–Crippen MR) is 83.5 cm³/mol. The van der Waals surface area contributed by atoms with E-state index in [0.717, 1.165) is 17.2 Å². The van der Waals surface area contributed by atoms with Gasteiger partial charge in [-0.15, -0.1) is 0 Å². The molecule has 116 valence electrons. The van der Waals surface area contributed by atoms with Gasteiger partial charge in [0.2, 0.25) is 0 Å². The lowest BCUT2D eigenvalue weighted by Crippen LogP contribution is -2.39. The average molecular weight is 368 g/mol. The van der Waals surface area contributed by atoms with E-state index < -0.39 is 5.82 Å². The Labute approximate surface area is 135 Å². The minimum absolute atomic E-state index is 0.111. The smallest absolute Gasteiger partial charge is 0.265 e. The van der Waals surface area contributed by atoms with Gasteiger partial charge in [0.15, 0.2) is 18.2 Å². The van der Waals surface area contributed by atoms with Crippen LogP contribution in [0.5, 0.6) is 5.75 Å². The van der Waals surface area contributed by atoms with Gasteiger partial charge in [-0.1, -0.05) is 15.9 Å². The van der Waals surface area contributed by atoms with Gasteiger partial charge in [0.25, 0.3) is 5.91 Å². The fourth-order valence-electron chi connectivity index (χ4n) is 2.60. The monoisotopic (exact) mass is 367 g/mol. The second-order valence-electron chi connectivity index (χ2n) is 5.25. The predicted octanol–water partition coefficient (Wildman–Crippen LogP) is 2.86. The zero-order valence-electron chi connectivity index (χ0n) is 12.5. The molecule has 0 N–H and O–H groups in total. The van der Waals surface area contributed by atoms with Crippen LogP contribution in [0.25, 0.3) is 0 Å². The van der Waals surface area contributed by atoms with Crippen molar-refractivity contribution in [3.8, 4) is 5.75 Å².